The molecule has 0 aliphatic carbocycles. The van der Waals surface area contributed by atoms with Crippen molar-refractivity contribution >= 4 is 6.09 Å². The van der Waals surface area contributed by atoms with Crippen LogP contribution in [-0.2, 0) is 18.9 Å². The van der Waals surface area contributed by atoms with Gasteiger partial charge >= 0.3 is 6.09 Å². The molecule has 0 radical (unpaired) electrons. The Morgan fingerprint density at radius 3 is 2.71 bits per heavy atom. The summed E-state index contributed by atoms with van der Waals surface area (Å²) in [6, 6.07) is 0. The Labute approximate surface area is 126 Å². The fourth-order valence-electron chi connectivity index (χ4n) is 2.07. The van der Waals surface area contributed by atoms with Crippen molar-refractivity contribution in [2.45, 2.75) is 58.2 Å². The van der Waals surface area contributed by atoms with E-state index in [4.69, 9.17) is 24.7 Å². The third kappa shape index (κ3) is 7.61. The number of ether oxygens (including phenoxy) is 4. The minimum absolute atomic E-state index is 0.0268. The summed E-state index contributed by atoms with van der Waals surface area (Å²) in [5.74, 6) is 0. The summed E-state index contributed by atoms with van der Waals surface area (Å²) in [5.41, 5.74) is 5.11. The predicted molar refractivity (Wildman–Crippen MR) is 77.9 cm³/mol. The van der Waals surface area contributed by atoms with Gasteiger partial charge in [-0.15, -0.1) is 0 Å². The number of hydrogen-bond donors (Lipinski definition) is 2. The molecule has 1 aliphatic heterocycles. The topological polar surface area (TPSA) is 92.0 Å². The zero-order valence-electron chi connectivity index (χ0n) is 13.4. The van der Waals surface area contributed by atoms with E-state index in [9.17, 15) is 4.79 Å². The van der Waals surface area contributed by atoms with Crippen molar-refractivity contribution < 1.29 is 23.7 Å². The summed E-state index contributed by atoms with van der Waals surface area (Å²) in [6.45, 7) is 9.14. The van der Waals surface area contributed by atoms with Gasteiger partial charge < -0.3 is 30.0 Å². The van der Waals surface area contributed by atoms with Gasteiger partial charge in [0.25, 0.3) is 0 Å². The Morgan fingerprint density at radius 2 is 2.19 bits per heavy atom. The van der Waals surface area contributed by atoms with E-state index in [0.29, 0.717) is 19.7 Å². The van der Waals surface area contributed by atoms with Crippen LogP contribution in [-0.4, -0.2) is 56.5 Å². The molecule has 0 saturated carbocycles. The molecule has 21 heavy (non-hydrogen) atoms. The van der Waals surface area contributed by atoms with Crippen molar-refractivity contribution in [1.29, 1.82) is 0 Å². The third-order valence-electron chi connectivity index (χ3n) is 2.91. The highest BCUT2D eigenvalue weighted by atomic mass is 16.7. The van der Waals surface area contributed by atoms with Crippen LogP contribution in [0.25, 0.3) is 0 Å². The lowest BCUT2D eigenvalue weighted by Gasteiger charge is -2.24. The Hall–Kier alpha value is -0.890. The van der Waals surface area contributed by atoms with E-state index in [0.717, 1.165) is 6.42 Å². The number of hydrogen-bond acceptors (Lipinski definition) is 6. The first-order chi connectivity index (χ1) is 9.82. The largest absolute Gasteiger partial charge is 0.444 e. The van der Waals surface area contributed by atoms with Gasteiger partial charge in [0.1, 0.15) is 6.61 Å². The maximum absolute atomic E-state index is 11.4. The summed E-state index contributed by atoms with van der Waals surface area (Å²) >= 11 is 0. The normalized spacial score (nSPS) is 22.3. The number of carbonyl (C=O) groups excluding carboxylic acids is 1. The zero-order valence-corrected chi connectivity index (χ0v) is 13.4. The number of nitrogens with two attached hydrogens (primary N) is 1. The number of amides is 1. The van der Waals surface area contributed by atoms with Crippen molar-refractivity contribution in [3.63, 3.8) is 0 Å². The minimum Gasteiger partial charge on any atom is -0.444 e. The van der Waals surface area contributed by atoms with Gasteiger partial charge in [0, 0.05) is 19.5 Å². The molecule has 0 bridgehead atoms. The van der Waals surface area contributed by atoms with Gasteiger partial charge in [-0.3, -0.25) is 0 Å². The van der Waals surface area contributed by atoms with Gasteiger partial charge in [0.2, 0.25) is 0 Å². The first kappa shape index (κ1) is 18.2. The molecule has 0 spiro atoms. The molecule has 0 aromatic carbocycles. The monoisotopic (exact) mass is 304 g/mol. The predicted octanol–water partition coefficient (Wildman–Crippen LogP) is 1.01. The Bertz CT molecular complexity index is 322. The summed E-state index contributed by atoms with van der Waals surface area (Å²) in [4.78, 5) is 11.4. The molecule has 1 saturated heterocycles. The summed E-state index contributed by atoms with van der Waals surface area (Å²) in [6.07, 6.45) is -0.425. The second kappa shape index (κ2) is 8.53. The fourth-order valence-corrected chi connectivity index (χ4v) is 2.07. The lowest BCUT2D eigenvalue weighted by atomic mass is 10.1. The van der Waals surface area contributed by atoms with E-state index in [1.54, 1.807) is 0 Å². The molecule has 2 unspecified atom stereocenters. The van der Waals surface area contributed by atoms with Crippen LogP contribution >= 0.6 is 0 Å². The molecule has 7 nitrogen and oxygen atoms in total. The van der Waals surface area contributed by atoms with Gasteiger partial charge in [0.05, 0.1) is 24.4 Å². The first-order valence-corrected chi connectivity index (χ1v) is 7.38. The second-order valence-electron chi connectivity index (χ2n) is 5.96. The van der Waals surface area contributed by atoms with Gasteiger partial charge in [-0.2, -0.15) is 0 Å². The van der Waals surface area contributed by atoms with Gasteiger partial charge in [-0.05, 0) is 27.7 Å². The third-order valence-corrected chi connectivity index (χ3v) is 2.91. The average Bonchev–Trinajstić information content (AvgIpc) is 2.72. The molecule has 7 heteroatoms. The van der Waals surface area contributed by atoms with Crippen LogP contribution in [0.2, 0.25) is 0 Å². The number of carbonyl (C=O) groups is 1. The highest BCUT2D eigenvalue weighted by Crippen LogP contribution is 2.27. The molecule has 1 rings (SSSR count). The van der Waals surface area contributed by atoms with Crippen LogP contribution in [0, 0.1) is 0 Å². The van der Waals surface area contributed by atoms with Crippen LogP contribution < -0.4 is 11.1 Å². The number of alkyl carbamates (subject to hydrolysis) is 1. The molecule has 1 fully saturated rings. The summed E-state index contributed by atoms with van der Waals surface area (Å²) in [5, 5.41) is 2.53. The van der Waals surface area contributed by atoms with Crippen molar-refractivity contribution in [1.82, 2.24) is 5.32 Å². The molecule has 0 aromatic rings. The quantitative estimate of drug-likeness (QED) is 0.650. The summed E-state index contributed by atoms with van der Waals surface area (Å²) < 4.78 is 22.2. The number of rotatable bonds is 8. The highest BCUT2D eigenvalue weighted by Gasteiger charge is 2.34. The maximum atomic E-state index is 11.4. The van der Waals surface area contributed by atoms with Crippen molar-refractivity contribution in [3.05, 3.63) is 0 Å². The van der Waals surface area contributed by atoms with E-state index in [-0.39, 0.29) is 24.4 Å². The minimum atomic E-state index is -0.601. The average molecular weight is 304 g/mol. The first-order valence-electron chi connectivity index (χ1n) is 7.38. The molecule has 2 atom stereocenters. The molecule has 3 N–H and O–H groups in total. The molecule has 1 amide bonds. The molecule has 124 valence electrons. The van der Waals surface area contributed by atoms with Crippen LogP contribution in [0.3, 0.4) is 0 Å². The van der Waals surface area contributed by atoms with E-state index in [1.165, 1.54) is 0 Å². The van der Waals surface area contributed by atoms with E-state index in [2.05, 4.69) is 5.32 Å². The van der Waals surface area contributed by atoms with Crippen LogP contribution in [0.15, 0.2) is 0 Å². The maximum Gasteiger partial charge on any atom is 0.407 e. The fraction of sp³-hybridized carbons (Fsp3) is 0.929. The van der Waals surface area contributed by atoms with E-state index >= 15 is 0 Å². The van der Waals surface area contributed by atoms with E-state index < -0.39 is 12.4 Å². The van der Waals surface area contributed by atoms with E-state index in [1.807, 2.05) is 27.7 Å². The zero-order chi connectivity index (χ0) is 15.9. The number of nitrogens with one attached hydrogen (secondary N) is 1. The molecule has 0 aromatic heterocycles. The smallest absolute Gasteiger partial charge is 0.407 e. The van der Waals surface area contributed by atoms with Crippen LogP contribution in [0.1, 0.15) is 34.1 Å². The molecular formula is C14H28N2O5. The van der Waals surface area contributed by atoms with Crippen molar-refractivity contribution in [2.24, 2.45) is 5.73 Å². The highest BCUT2D eigenvalue weighted by molar-refractivity contribution is 5.67. The lowest BCUT2D eigenvalue weighted by molar-refractivity contribution is -0.202. The van der Waals surface area contributed by atoms with Crippen molar-refractivity contribution in [2.75, 3.05) is 26.3 Å². The van der Waals surface area contributed by atoms with Crippen LogP contribution in [0.4, 0.5) is 4.79 Å². The molecule has 1 heterocycles. The van der Waals surface area contributed by atoms with Gasteiger partial charge in [-0.1, -0.05) is 0 Å². The molecular weight excluding hydrogens is 276 g/mol. The summed E-state index contributed by atoms with van der Waals surface area (Å²) in [7, 11) is 0. The Morgan fingerprint density at radius 1 is 1.48 bits per heavy atom. The Balaban J connectivity index is 2.39. The van der Waals surface area contributed by atoms with Crippen LogP contribution in [0.5, 0.6) is 0 Å². The standard InChI is InChI=1S/C14H28N2O5/c1-10(2)20-12(9-18-13(17)16-6-5-15)21-11-7-14(3,4)19-8-11/h10-12H,5-9,15H2,1-4H3,(H,16,17). The lowest BCUT2D eigenvalue weighted by Crippen LogP contribution is -2.36. The van der Waals surface area contributed by atoms with Gasteiger partial charge in [0.15, 0.2) is 6.29 Å². The van der Waals surface area contributed by atoms with Crippen molar-refractivity contribution in [3.8, 4) is 0 Å². The SMILES string of the molecule is CC(C)OC(COC(=O)NCCN)OC1COC(C)(C)C1. The second-order valence-corrected chi connectivity index (χ2v) is 5.96. The van der Waals surface area contributed by atoms with Gasteiger partial charge in [-0.25, -0.2) is 4.79 Å². The Kier molecular flexibility index (Phi) is 7.37. The molecule has 1 aliphatic rings.